The van der Waals surface area contributed by atoms with E-state index in [0.717, 1.165) is 28.5 Å². The Balaban J connectivity index is 1.46. The zero-order chi connectivity index (χ0) is 30.1. The molecule has 2 aromatic heterocycles. The highest BCUT2D eigenvalue weighted by Crippen LogP contribution is 2.45. The minimum atomic E-state index is -1.95. The van der Waals surface area contributed by atoms with E-state index in [9.17, 15) is 19.5 Å². The number of carbonyl (C=O) groups is 2. The van der Waals surface area contributed by atoms with E-state index in [4.69, 9.17) is 14.5 Å². The van der Waals surface area contributed by atoms with Gasteiger partial charge in [-0.3, -0.25) is 9.59 Å². The first-order chi connectivity index (χ1) is 19.8. The summed E-state index contributed by atoms with van der Waals surface area (Å²) < 4.78 is 27.5. The highest BCUT2D eigenvalue weighted by Gasteiger charge is 2.46. The minimum absolute atomic E-state index is 0.0325. The number of aliphatic hydroxyl groups is 1. The lowest BCUT2D eigenvalue weighted by atomic mass is 9.81. The summed E-state index contributed by atoms with van der Waals surface area (Å²) in [7, 11) is 0. The smallest absolute Gasteiger partial charge is 0.343 e. The van der Waals surface area contributed by atoms with Gasteiger partial charge in [0, 0.05) is 29.2 Å². The van der Waals surface area contributed by atoms with Crippen LogP contribution in [0.5, 0.6) is 0 Å². The molecule has 9 nitrogen and oxygen atoms in total. The van der Waals surface area contributed by atoms with Gasteiger partial charge in [0.2, 0.25) is 5.91 Å². The molecule has 42 heavy (non-hydrogen) atoms. The van der Waals surface area contributed by atoms with Crippen molar-refractivity contribution in [3.63, 3.8) is 0 Å². The van der Waals surface area contributed by atoms with Gasteiger partial charge in [-0.2, -0.15) is 0 Å². The number of cyclic esters (lactones) is 1. The van der Waals surface area contributed by atoms with Crippen LogP contribution in [-0.2, 0) is 44.2 Å². The number of benzene rings is 1. The van der Waals surface area contributed by atoms with E-state index in [1.54, 1.807) is 24.5 Å². The summed E-state index contributed by atoms with van der Waals surface area (Å²) in [5.74, 6) is -1.41. The van der Waals surface area contributed by atoms with Crippen LogP contribution < -0.4 is 10.9 Å². The van der Waals surface area contributed by atoms with Gasteiger partial charge < -0.3 is 24.5 Å². The number of pyridine rings is 2. The normalized spacial score (nSPS) is 20.6. The van der Waals surface area contributed by atoms with Crippen LogP contribution in [0.4, 0.5) is 4.39 Å². The maximum atomic E-state index is 15.1. The number of hydrogen-bond acceptors (Lipinski definition) is 7. The van der Waals surface area contributed by atoms with Gasteiger partial charge in [0.25, 0.3) is 5.56 Å². The van der Waals surface area contributed by atoms with Crippen molar-refractivity contribution in [1.82, 2.24) is 14.9 Å². The number of fused-ring (bicyclic) bond motifs is 5. The molecule has 0 radical (unpaired) electrons. The average molecular weight is 578 g/mol. The zero-order valence-corrected chi connectivity index (χ0v) is 24.6. The number of rotatable bonds is 6. The van der Waals surface area contributed by atoms with Gasteiger partial charge in [-0.1, -0.05) is 27.7 Å². The summed E-state index contributed by atoms with van der Waals surface area (Å²) in [6, 6.07) is 2.65. The molecule has 3 aliphatic rings. The van der Waals surface area contributed by atoms with E-state index >= 15 is 4.39 Å². The first-order valence-corrected chi connectivity index (χ1v) is 14.5. The average Bonchev–Trinajstić information content (AvgIpc) is 3.30. The summed E-state index contributed by atoms with van der Waals surface area (Å²) in [6.07, 6.45) is 1.97. The first-order valence-electron chi connectivity index (χ1n) is 14.5. The molecule has 0 saturated carbocycles. The maximum absolute atomic E-state index is 15.1. The number of ether oxygens (including phenoxy) is 2. The molecule has 222 valence electrons. The van der Waals surface area contributed by atoms with E-state index in [1.165, 1.54) is 6.07 Å². The summed E-state index contributed by atoms with van der Waals surface area (Å²) in [4.78, 5) is 44.2. The van der Waals surface area contributed by atoms with Crippen molar-refractivity contribution in [2.24, 2.45) is 5.41 Å². The van der Waals surface area contributed by atoms with Crippen molar-refractivity contribution in [3.05, 3.63) is 61.7 Å². The molecule has 2 N–H and O–H groups in total. The fraction of sp³-hybridized carbons (Fsp3) is 0.500. The van der Waals surface area contributed by atoms with E-state index in [0.29, 0.717) is 41.9 Å². The molecular formula is C32H36FN3O6. The van der Waals surface area contributed by atoms with Gasteiger partial charge in [-0.25, -0.2) is 14.2 Å². The number of aryl methyl sites for hydroxylation is 1. The van der Waals surface area contributed by atoms with Crippen molar-refractivity contribution < 1.29 is 28.6 Å². The Morgan fingerprint density at radius 3 is 2.74 bits per heavy atom. The largest absolute Gasteiger partial charge is 0.458 e. The van der Waals surface area contributed by atoms with Crippen LogP contribution in [0, 0.1) is 18.2 Å². The summed E-state index contributed by atoms with van der Waals surface area (Å²) in [5, 5.41) is 15.1. The Hall–Kier alpha value is -3.63. The zero-order valence-electron chi connectivity index (χ0n) is 24.6. The molecule has 0 bridgehead atoms. The predicted molar refractivity (Wildman–Crippen MR) is 153 cm³/mol. The SMILES string of the molecule is CC[C@@]1(O)C(=O)OCc2c1cc1n(c2=O)Cc2c-1nc1cc(F)c(C)c3c1c2[C@@H](NC(=O)COCCC(C)(C)C)CC3. The van der Waals surface area contributed by atoms with Crippen molar-refractivity contribution in [3.8, 4) is 11.4 Å². The van der Waals surface area contributed by atoms with Gasteiger partial charge in [-0.05, 0) is 60.8 Å². The van der Waals surface area contributed by atoms with E-state index in [-0.39, 0.29) is 60.0 Å². The predicted octanol–water partition coefficient (Wildman–Crippen LogP) is 4.08. The minimum Gasteiger partial charge on any atom is -0.458 e. The molecule has 0 unspecified atom stereocenters. The number of aromatic nitrogens is 2. The van der Waals surface area contributed by atoms with E-state index in [1.807, 2.05) is 0 Å². The highest BCUT2D eigenvalue weighted by molar-refractivity contribution is 5.94. The third kappa shape index (κ3) is 4.43. The molecule has 0 fully saturated rings. The summed E-state index contributed by atoms with van der Waals surface area (Å²) >= 11 is 0. The number of esters is 1. The van der Waals surface area contributed by atoms with Crippen LogP contribution in [0.3, 0.4) is 0 Å². The summed E-state index contributed by atoms with van der Waals surface area (Å²) in [5.41, 5.74) is 2.56. The molecular weight excluding hydrogens is 541 g/mol. The van der Waals surface area contributed by atoms with Gasteiger partial charge in [0.15, 0.2) is 5.60 Å². The highest BCUT2D eigenvalue weighted by atomic mass is 19.1. The standard InChI is InChI=1S/C32H36FN3O6/c1-6-32(40)20-11-24-28-18(13-36(24)29(38)19(20)14-42-30(32)39)27-22(34-25(37)15-41-10-9-31(3,4)5)8-7-17-16(2)21(33)12-23(35-28)26(17)27/h11-12,22,40H,6-10,13-15H2,1-5H3,(H,34,37)/t22-,32-/m0/s1. The van der Waals surface area contributed by atoms with Gasteiger partial charge >= 0.3 is 5.97 Å². The summed E-state index contributed by atoms with van der Waals surface area (Å²) in [6.45, 7) is 10.1. The molecule has 0 saturated heterocycles. The maximum Gasteiger partial charge on any atom is 0.343 e. The van der Waals surface area contributed by atoms with Crippen LogP contribution in [0.2, 0.25) is 0 Å². The molecule has 0 spiro atoms. The molecule has 6 rings (SSSR count). The number of nitrogens with one attached hydrogen (secondary N) is 1. The Kier molecular flexibility index (Phi) is 6.77. The first kappa shape index (κ1) is 28.5. The van der Waals surface area contributed by atoms with Crippen molar-refractivity contribution in [2.75, 3.05) is 13.2 Å². The van der Waals surface area contributed by atoms with Gasteiger partial charge in [0.1, 0.15) is 19.0 Å². The van der Waals surface area contributed by atoms with E-state index < -0.39 is 17.6 Å². The van der Waals surface area contributed by atoms with Crippen LogP contribution in [-0.4, -0.2) is 39.7 Å². The fourth-order valence-electron chi connectivity index (χ4n) is 6.48. The Morgan fingerprint density at radius 2 is 2.02 bits per heavy atom. The lowest BCUT2D eigenvalue weighted by Gasteiger charge is -2.31. The number of halogens is 1. The van der Waals surface area contributed by atoms with Gasteiger partial charge in [0.05, 0.1) is 35.1 Å². The van der Waals surface area contributed by atoms with Crippen molar-refractivity contribution >= 4 is 22.8 Å². The third-order valence-corrected chi connectivity index (χ3v) is 8.94. The lowest BCUT2D eigenvalue weighted by Crippen LogP contribution is -2.44. The quantitative estimate of drug-likeness (QED) is 0.262. The van der Waals surface area contributed by atoms with E-state index in [2.05, 4.69) is 26.1 Å². The molecule has 3 aromatic rings. The number of carbonyl (C=O) groups excluding carboxylic acids is 2. The van der Waals surface area contributed by atoms with Crippen LogP contribution in [0.15, 0.2) is 16.9 Å². The topological polar surface area (TPSA) is 120 Å². The third-order valence-electron chi connectivity index (χ3n) is 8.94. The molecule has 2 atom stereocenters. The van der Waals surface area contributed by atoms with Gasteiger partial charge in [-0.15, -0.1) is 0 Å². The number of nitrogens with zero attached hydrogens (tertiary/aromatic N) is 2. The molecule has 2 aliphatic heterocycles. The fourth-order valence-corrected chi connectivity index (χ4v) is 6.48. The Bertz CT molecular complexity index is 1720. The molecule has 4 heterocycles. The van der Waals surface area contributed by atoms with Crippen LogP contribution in [0.25, 0.3) is 22.3 Å². The Morgan fingerprint density at radius 1 is 1.26 bits per heavy atom. The lowest BCUT2D eigenvalue weighted by molar-refractivity contribution is -0.172. The molecule has 1 aliphatic carbocycles. The molecule has 1 amide bonds. The van der Waals surface area contributed by atoms with Crippen LogP contribution >= 0.6 is 0 Å². The number of hydrogen-bond donors (Lipinski definition) is 2. The van der Waals surface area contributed by atoms with Crippen molar-refractivity contribution in [2.45, 2.75) is 85.1 Å². The molecule has 10 heteroatoms. The molecule has 1 aromatic carbocycles. The Labute approximate surface area is 243 Å². The number of amides is 1. The second-order valence-electron chi connectivity index (χ2n) is 12.8. The second-order valence-corrected chi connectivity index (χ2v) is 12.8. The van der Waals surface area contributed by atoms with Crippen molar-refractivity contribution in [1.29, 1.82) is 0 Å². The monoisotopic (exact) mass is 577 g/mol. The second kappa shape index (κ2) is 9.98. The van der Waals surface area contributed by atoms with Crippen LogP contribution in [0.1, 0.15) is 86.4 Å².